The van der Waals surface area contributed by atoms with Crippen LogP contribution in [0.1, 0.15) is 36.2 Å². The third-order valence-electron chi connectivity index (χ3n) is 5.02. The van der Waals surface area contributed by atoms with Crippen LogP contribution in [0, 0.1) is 12.7 Å². The predicted octanol–water partition coefficient (Wildman–Crippen LogP) is 4.73. The van der Waals surface area contributed by atoms with Crippen LogP contribution in [0.4, 0.5) is 9.39 Å². The zero-order chi connectivity index (χ0) is 24.9. The Bertz CT molecular complexity index is 1270. The van der Waals surface area contributed by atoms with Gasteiger partial charge in [-0.15, -0.1) is 11.3 Å². The van der Waals surface area contributed by atoms with Gasteiger partial charge in [-0.05, 0) is 50.1 Å². The standard InChI is InChI=1S/C24H25FN2O5S2/c1-4-20(27-34(30,31)18-12-10-17(25)11-13-18)22(28)26-23-21(24(29)32-5-2)19(14-33-23)16-8-6-15(3)7-9-16/h6-14,20,27H,4-5H2,1-3H3,(H,26,28). The molecule has 1 unspecified atom stereocenters. The van der Waals surface area contributed by atoms with Gasteiger partial charge in [-0.2, -0.15) is 4.72 Å². The molecule has 0 aliphatic heterocycles. The summed E-state index contributed by atoms with van der Waals surface area (Å²) in [6.45, 7) is 5.44. The highest BCUT2D eigenvalue weighted by Crippen LogP contribution is 2.36. The van der Waals surface area contributed by atoms with Crippen molar-refractivity contribution in [1.82, 2.24) is 4.72 Å². The van der Waals surface area contributed by atoms with Crippen LogP contribution >= 0.6 is 11.3 Å². The van der Waals surface area contributed by atoms with Gasteiger partial charge in [0.25, 0.3) is 0 Å². The van der Waals surface area contributed by atoms with Gasteiger partial charge in [-0.1, -0.05) is 36.8 Å². The zero-order valence-electron chi connectivity index (χ0n) is 18.9. The summed E-state index contributed by atoms with van der Waals surface area (Å²) in [7, 11) is -4.07. The first kappa shape index (κ1) is 25.5. The first-order valence-corrected chi connectivity index (χ1v) is 13.0. The predicted molar refractivity (Wildman–Crippen MR) is 130 cm³/mol. The van der Waals surface area contributed by atoms with Crippen LogP contribution in [0.25, 0.3) is 11.1 Å². The van der Waals surface area contributed by atoms with E-state index in [-0.39, 0.29) is 28.5 Å². The van der Waals surface area contributed by atoms with Crippen LogP contribution in [0.15, 0.2) is 58.8 Å². The second-order valence-electron chi connectivity index (χ2n) is 7.47. The SMILES string of the molecule is CCOC(=O)c1c(-c2ccc(C)cc2)csc1NC(=O)C(CC)NS(=O)(=O)c1ccc(F)cc1. The molecule has 0 bridgehead atoms. The number of halogens is 1. The Labute approximate surface area is 202 Å². The molecule has 0 radical (unpaired) electrons. The summed E-state index contributed by atoms with van der Waals surface area (Å²) in [6.07, 6.45) is 0.150. The van der Waals surface area contributed by atoms with Crippen molar-refractivity contribution in [3.8, 4) is 11.1 Å². The number of thiophene rings is 1. The van der Waals surface area contributed by atoms with Gasteiger partial charge in [-0.3, -0.25) is 4.79 Å². The fraction of sp³-hybridized carbons (Fsp3) is 0.250. The molecule has 10 heteroatoms. The number of ether oxygens (including phenoxy) is 1. The lowest BCUT2D eigenvalue weighted by Crippen LogP contribution is -2.43. The third-order valence-corrected chi connectivity index (χ3v) is 7.40. The van der Waals surface area contributed by atoms with Crippen molar-refractivity contribution in [2.45, 2.75) is 38.1 Å². The number of esters is 1. The molecule has 0 aliphatic rings. The highest BCUT2D eigenvalue weighted by atomic mass is 32.2. The number of nitrogens with one attached hydrogen (secondary N) is 2. The summed E-state index contributed by atoms with van der Waals surface area (Å²) >= 11 is 1.15. The maximum atomic E-state index is 13.2. The Morgan fingerprint density at radius 2 is 1.71 bits per heavy atom. The molecule has 7 nitrogen and oxygen atoms in total. The number of rotatable bonds is 9. The summed E-state index contributed by atoms with van der Waals surface area (Å²) in [5.41, 5.74) is 2.66. The molecule has 0 fully saturated rings. The number of amides is 1. The molecule has 1 atom stereocenters. The van der Waals surface area contributed by atoms with E-state index in [0.717, 1.165) is 46.7 Å². The van der Waals surface area contributed by atoms with Crippen LogP contribution < -0.4 is 10.0 Å². The van der Waals surface area contributed by atoms with E-state index in [1.807, 2.05) is 31.2 Å². The fourth-order valence-electron chi connectivity index (χ4n) is 3.19. The van der Waals surface area contributed by atoms with Gasteiger partial charge in [0.1, 0.15) is 22.4 Å². The number of anilines is 1. The highest BCUT2D eigenvalue weighted by molar-refractivity contribution is 7.89. The summed E-state index contributed by atoms with van der Waals surface area (Å²) < 4.78 is 46.0. The third kappa shape index (κ3) is 5.88. The van der Waals surface area contributed by atoms with Gasteiger partial charge in [0, 0.05) is 10.9 Å². The van der Waals surface area contributed by atoms with Crippen LogP contribution in [0.5, 0.6) is 0 Å². The smallest absolute Gasteiger partial charge is 0.341 e. The molecule has 0 aliphatic carbocycles. The molecule has 3 rings (SSSR count). The van der Waals surface area contributed by atoms with Crippen molar-refractivity contribution >= 4 is 38.2 Å². The Morgan fingerprint density at radius 3 is 2.29 bits per heavy atom. The molecule has 2 aromatic carbocycles. The second kappa shape index (κ2) is 10.9. The maximum Gasteiger partial charge on any atom is 0.341 e. The molecule has 1 amide bonds. The number of aryl methyl sites for hydroxylation is 1. The van der Waals surface area contributed by atoms with E-state index in [1.54, 1.807) is 19.2 Å². The van der Waals surface area contributed by atoms with Crippen LogP contribution in [-0.2, 0) is 19.6 Å². The molecule has 34 heavy (non-hydrogen) atoms. The minimum Gasteiger partial charge on any atom is -0.462 e. The van der Waals surface area contributed by atoms with Gasteiger partial charge >= 0.3 is 5.97 Å². The average molecular weight is 505 g/mol. The number of carbonyl (C=O) groups is 2. The van der Waals surface area contributed by atoms with E-state index in [9.17, 15) is 22.4 Å². The Balaban J connectivity index is 1.88. The Hall–Kier alpha value is -3.08. The van der Waals surface area contributed by atoms with Crippen LogP contribution in [-0.4, -0.2) is 32.9 Å². The quantitative estimate of drug-likeness (QED) is 0.410. The lowest BCUT2D eigenvalue weighted by Gasteiger charge is -2.17. The van der Waals surface area contributed by atoms with Gasteiger partial charge in [-0.25, -0.2) is 17.6 Å². The summed E-state index contributed by atoms with van der Waals surface area (Å²) in [5, 5.41) is 4.69. The molecule has 0 saturated heterocycles. The number of hydrogen-bond acceptors (Lipinski definition) is 6. The topological polar surface area (TPSA) is 102 Å². The van der Waals surface area contributed by atoms with Crippen LogP contribution in [0.2, 0.25) is 0 Å². The minimum atomic E-state index is -4.07. The van der Waals surface area contributed by atoms with E-state index in [1.165, 1.54) is 0 Å². The summed E-state index contributed by atoms with van der Waals surface area (Å²) in [6, 6.07) is 10.8. The van der Waals surface area contributed by atoms with E-state index in [0.29, 0.717) is 5.56 Å². The second-order valence-corrected chi connectivity index (χ2v) is 10.1. The van der Waals surface area contributed by atoms with Gasteiger partial charge < -0.3 is 10.1 Å². The summed E-state index contributed by atoms with van der Waals surface area (Å²) in [5.74, 6) is -1.79. The number of carbonyl (C=O) groups excluding carboxylic acids is 2. The average Bonchev–Trinajstić information content (AvgIpc) is 3.22. The molecule has 180 valence electrons. The van der Waals surface area contributed by atoms with Gasteiger partial charge in [0.05, 0.1) is 11.5 Å². The van der Waals surface area contributed by atoms with Gasteiger partial charge in [0.15, 0.2) is 0 Å². The molecule has 0 saturated carbocycles. The molecule has 2 N–H and O–H groups in total. The van der Waals surface area contributed by atoms with E-state index in [2.05, 4.69) is 10.0 Å². The molecule has 0 spiro atoms. The Kier molecular flexibility index (Phi) is 8.19. The Morgan fingerprint density at radius 1 is 1.06 bits per heavy atom. The first-order chi connectivity index (χ1) is 16.2. The number of sulfonamides is 1. The number of hydrogen-bond donors (Lipinski definition) is 2. The largest absolute Gasteiger partial charge is 0.462 e. The highest BCUT2D eigenvalue weighted by Gasteiger charge is 2.28. The van der Waals surface area contributed by atoms with E-state index in [4.69, 9.17) is 4.74 Å². The normalized spacial score (nSPS) is 12.2. The lowest BCUT2D eigenvalue weighted by molar-refractivity contribution is -0.117. The number of benzene rings is 2. The fourth-order valence-corrected chi connectivity index (χ4v) is 5.43. The van der Waals surface area contributed by atoms with Crippen molar-refractivity contribution in [3.05, 3.63) is 70.9 Å². The molecule has 3 aromatic rings. The monoisotopic (exact) mass is 504 g/mol. The first-order valence-electron chi connectivity index (χ1n) is 10.6. The van der Waals surface area contributed by atoms with Crippen molar-refractivity contribution in [3.63, 3.8) is 0 Å². The van der Waals surface area contributed by atoms with Crippen molar-refractivity contribution in [1.29, 1.82) is 0 Å². The lowest BCUT2D eigenvalue weighted by atomic mass is 10.0. The molecular weight excluding hydrogens is 479 g/mol. The maximum absolute atomic E-state index is 13.2. The van der Waals surface area contributed by atoms with Crippen molar-refractivity contribution in [2.24, 2.45) is 0 Å². The van der Waals surface area contributed by atoms with Crippen molar-refractivity contribution in [2.75, 3.05) is 11.9 Å². The van der Waals surface area contributed by atoms with Gasteiger partial charge in [0.2, 0.25) is 15.9 Å². The zero-order valence-corrected chi connectivity index (χ0v) is 20.6. The minimum absolute atomic E-state index is 0.150. The molecular formula is C24H25FN2O5S2. The van der Waals surface area contributed by atoms with Crippen molar-refractivity contribution < 1.29 is 27.1 Å². The molecule has 1 heterocycles. The van der Waals surface area contributed by atoms with E-state index < -0.39 is 33.8 Å². The van der Waals surface area contributed by atoms with E-state index >= 15 is 0 Å². The summed E-state index contributed by atoms with van der Waals surface area (Å²) in [4.78, 5) is 25.6. The van der Waals surface area contributed by atoms with Crippen LogP contribution in [0.3, 0.4) is 0 Å². The molecule has 1 aromatic heterocycles.